The molecule has 1 aromatic carbocycles. The summed E-state index contributed by atoms with van der Waals surface area (Å²) in [5.74, 6) is 1.06. The minimum Gasteiger partial charge on any atom is -0.493 e. The Morgan fingerprint density at radius 1 is 1.26 bits per heavy atom. The third kappa shape index (κ3) is 3.12. The molecule has 2 aliphatic heterocycles. The fraction of sp³-hybridized carbons (Fsp3) is 0.524. The zero-order valence-corrected chi connectivity index (χ0v) is 15.6. The summed E-state index contributed by atoms with van der Waals surface area (Å²) in [6.07, 6.45) is 6.44. The van der Waals surface area contributed by atoms with Crippen molar-refractivity contribution in [1.29, 1.82) is 0 Å². The van der Waals surface area contributed by atoms with Crippen molar-refractivity contribution in [3.8, 4) is 5.75 Å². The molecule has 0 bridgehead atoms. The van der Waals surface area contributed by atoms with Crippen LogP contribution in [0.5, 0.6) is 5.75 Å². The smallest absolute Gasteiger partial charge is 0.275 e. The van der Waals surface area contributed by atoms with Gasteiger partial charge in [0.05, 0.1) is 6.61 Å². The van der Waals surface area contributed by atoms with Gasteiger partial charge in [0, 0.05) is 49.8 Å². The lowest BCUT2D eigenvalue weighted by atomic mass is 10.0. The SMILES string of the molecule is O=C(c1n[nH]c2c1CNCC2)N(Cc1ccc2c(c1)CCO2)C1CCCC1. The minimum atomic E-state index is 0.0693. The molecular weight excluding hydrogens is 340 g/mol. The maximum absolute atomic E-state index is 13.5. The van der Waals surface area contributed by atoms with Gasteiger partial charge in [0.15, 0.2) is 5.69 Å². The van der Waals surface area contributed by atoms with Crippen LogP contribution in [0, 0.1) is 0 Å². The van der Waals surface area contributed by atoms with Crippen molar-refractivity contribution in [2.45, 2.75) is 57.7 Å². The number of nitrogens with one attached hydrogen (secondary N) is 2. The van der Waals surface area contributed by atoms with E-state index in [0.29, 0.717) is 18.3 Å². The van der Waals surface area contributed by atoms with E-state index in [9.17, 15) is 4.79 Å². The molecule has 27 heavy (non-hydrogen) atoms. The highest BCUT2D eigenvalue weighted by Gasteiger charge is 2.31. The van der Waals surface area contributed by atoms with Crippen LogP contribution in [0.3, 0.4) is 0 Å². The van der Waals surface area contributed by atoms with Gasteiger partial charge in [-0.2, -0.15) is 5.10 Å². The third-order valence-electron chi connectivity index (χ3n) is 6.14. The van der Waals surface area contributed by atoms with Crippen molar-refractivity contribution in [1.82, 2.24) is 20.4 Å². The summed E-state index contributed by atoms with van der Waals surface area (Å²) in [5.41, 5.74) is 5.21. The van der Waals surface area contributed by atoms with Crippen LogP contribution in [0.25, 0.3) is 0 Å². The van der Waals surface area contributed by atoms with Crippen LogP contribution in [-0.2, 0) is 25.9 Å². The van der Waals surface area contributed by atoms with Gasteiger partial charge < -0.3 is 15.0 Å². The summed E-state index contributed by atoms with van der Waals surface area (Å²) in [4.78, 5) is 15.6. The zero-order valence-electron chi connectivity index (χ0n) is 15.6. The summed E-state index contributed by atoms with van der Waals surface area (Å²) in [7, 11) is 0. The maximum Gasteiger partial charge on any atom is 0.275 e. The predicted octanol–water partition coefficient (Wildman–Crippen LogP) is 2.58. The molecule has 1 saturated carbocycles. The van der Waals surface area contributed by atoms with Crippen LogP contribution in [0.15, 0.2) is 18.2 Å². The first-order chi connectivity index (χ1) is 13.3. The average Bonchev–Trinajstić information content (AvgIpc) is 3.45. The third-order valence-corrected chi connectivity index (χ3v) is 6.14. The number of amides is 1. The van der Waals surface area contributed by atoms with E-state index in [2.05, 4.69) is 38.6 Å². The molecule has 5 rings (SSSR count). The number of nitrogens with zero attached hydrogens (tertiary/aromatic N) is 2. The molecule has 1 amide bonds. The first-order valence-electron chi connectivity index (χ1n) is 10.1. The molecule has 1 aliphatic carbocycles. The van der Waals surface area contributed by atoms with Gasteiger partial charge in [-0.25, -0.2) is 0 Å². The summed E-state index contributed by atoms with van der Waals surface area (Å²) < 4.78 is 5.63. The molecule has 0 spiro atoms. The Kier molecular flexibility index (Phi) is 4.36. The van der Waals surface area contributed by atoms with E-state index in [0.717, 1.165) is 62.4 Å². The van der Waals surface area contributed by atoms with Crippen LogP contribution in [0.2, 0.25) is 0 Å². The molecule has 1 fully saturated rings. The topological polar surface area (TPSA) is 70.2 Å². The first-order valence-corrected chi connectivity index (χ1v) is 10.1. The van der Waals surface area contributed by atoms with E-state index in [1.165, 1.54) is 24.0 Å². The van der Waals surface area contributed by atoms with Gasteiger partial charge >= 0.3 is 0 Å². The Morgan fingerprint density at radius 3 is 3.04 bits per heavy atom. The lowest BCUT2D eigenvalue weighted by Gasteiger charge is -2.29. The van der Waals surface area contributed by atoms with Crippen LogP contribution >= 0.6 is 0 Å². The van der Waals surface area contributed by atoms with Crippen LogP contribution in [-0.4, -0.2) is 40.2 Å². The van der Waals surface area contributed by atoms with Gasteiger partial charge in [0.25, 0.3) is 5.91 Å². The molecule has 2 N–H and O–H groups in total. The van der Waals surface area contributed by atoms with E-state index >= 15 is 0 Å². The van der Waals surface area contributed by atoms with E-state index in [1.54, 1.807) is 0 Å². The summed E-state index contributed by atoms with van der Waals surface area (Å²) in [6, 6.07) is 6.67. The molecule has 1 aromatic heterocycles. The summed E-state index contributed by atoms with van der Waals surface area (Å²) in [6.45, 7) is 3.07. The minimum absolute atomic E-state index is 0.0693. The predicted molar refractivity (Wildman–Crippen MR) is 102 cm³/mol. The number of carbonyl (C=O) groups is 1. The van der Waals surface area contributed by atoms with Gasteiger partial charge in [-0.15, -0.1) is 0 Å². The number of rotatable bonds is 4. The molecule has 0 atom stereocenters. The van der Waals surface area contributed by atoms with Crippen molar-refractivity contribution < 1.29 is 9.53 Å². The molecule has 3 aliphatic rings. The monoisotopic (exact) mass is 366 g/mol. The number of hydrogen-bond donors (Lipinski definition) is 2. The normalized spacial score (nSPS) is 18.8. The second-order valence-corrected chi connectivity index (χ2v) is 7.87. The van der Waals surface area contributed by atoms with Crippen molar-refractivity contribution in [2.75, 3.05) is 13.2 Å². The van der Waals surface area contributed by atoms with Crippen molar-refractivity contribution in [3.63, 3.8) is 0 Å². The van der Waals surface area contributed by atoms with Crippen LogP contribution in [0.4, 0.5) is 0 Å². The second-order valence-electron chi connectivity index (χ2n) is 7.87. The number of fused-ring (bicyclic) bond motifs is 2. The molecule has 6 heteroatoms. The number of H-pyrrole nitrogens is 1. The van der Waals surface area contributed by atoms with E-state index in [4.69, 9.17) is 4.74 Å². The summed E-state index contributed by atoms with van der Waals surface area (Å²) in [5, 5.41) is 10.9. The largest absolute Gasteiger partial charge is 0.493 e. The van der Waals surface area contributed by atoms with E-state index in [1.807, 2.05) is 0 Å². The van der Waals surface area contributed by atoms with Gasteiger partial charge in [0.2, 0.25) is 0 Å². The number of carbonyl (C=O) groups excluding carboxylic acids is 1. The fourth-order valence-corrected chi connectivity index (χ4v) is 4.66. The molecular formula is C21H26N4O2. The number of benzene rings is 1. The quantitative estimate of drug-likeness (QED) is 0.873. The molecule has 0 radical (unpaired) electrons. The number of hydrogen-bond acceptors (Lipinski definition) is 4. The Bertz CT molecular complexity index is 854. The Balaban J connectivity index is 1.44. The van der Waals surface area contributed by atoms with E-state index < -0.39 is 0 Å². The molecule has 6 nitrogen and oxygen atoms in total. The average molecular weight is 366 g/mol. The zero-order chi connectivity index (χ0) is 18.2. The number of aromatic amines is 1. The standard InChI is InChI=1S/C21H26N4O2/c26-21(20-17-12-22-9-7-18(17)23-24-20)25(16-3-1-2-4-16)13-14-5-6-19-15(11-14)8-10-27-19/h5-6,11,16,22H,1-4,7-10,12-13H2,(H,23,24). The number of aromatic nitrogens is 2. The Morgan fingerprint density at radius 2 is 2.15 bits per heavy atom. The Hall–Kier alpha value is -2.34. The molecule has 0 unspecified atom stereocenters. The molecule has 0 saturated heterocycles. The fourth-order valence-electron chi connectivity index (χ4n) is 4.66. The van der Waals surface area contributed by atoms with Crippen molar-refractivity contribution in [3.05, 3.63) is 46.3 Å². The second kappa shape index (κ2) is 7.00. The van der Waals surface area contributed by atoms with Crippen LogP contribution < -0.4 is 10.1 Å². The molecule has 3 heterocycles. The molecule has 2 aromatic rings. The lowest BCUT2D eigenvalue weighted by Crippen LogP contribution is -2.39. The van der Waals surface area contributed by atoms with Crippen molar-refractivity contribution >= 4 is 5.91 Å². The first kappa shape index (κ1) is 16.8. The lowest BCUT2D eigenvalue weighted by molar-refractivity contribution is 0.0657. The highest BCUT2D eigenvalue weighted by molar-refractivity contribution is 5.94. The Labute approximate surface area is 159 Å². The van der Waals surface area contributed by atoms with Gasteiger partial charge in [-0.3, -0.25) is 9.89 Å². The highest BCUT2D eigenvalue weighted by atomic mass is 16.5. The maximum atomic E-state index is 13.5. The van der Waals surface area contributed by atoms with Gasteiger partial charge in [-0.05, 0) is 30.0 Å². The summed E-state index contributed by atoms with van der Waals surface area (Å²) >= 11 is 0. The van der Waals surface area contributed by atoms with E-state index in [-0.39, 0.29) is 5.91 Å². The van der Waals surface area contributed by atoms with Gasteiger partial charge in [-0.1, -0.05) is 25.0 Å². The number of ether oxygens (including phenoxy) is 1. The van der Waals surface area contributed by atoms with Gasteiger partial charge in [0.1, 0.15) is 5.75 Å². The van der Waals surface area contributed by atoms with Crippen LogP contribution in [0.1, 0.15) is 58.6 Å². The van der Waals surface area contributed by atoms with Crippen molar-refractivity contribution in [2.24, 2.45) is 0 Å². The molecule has 142 valence electrons. The highest BCUT2D eigenvalue weighted by Crippen LogP contribution is 2.30.